The molecule has 1 aromatic heterocycles. The van der Waals surface area contributed by atoms with Gasteiger partial charge in [-0.1, -0.05) is 78.9 Å². The van der Waals surface area contributed by atoms with Crippen molar-refractivity contribution in [1.82, 2.24) is 0 Å². The van der Waals surface area contributed by atoms with E-state index in [0.717, 1.165) is 23.5 Å². The van der Waals surface area contributed by atoms with E-state index in [1.165, 1.54) is 27.8 Å². The van der Waals surface area contributed by atoms with Gasteiger partial charge in [-0.3, -0.25) is 0 Å². The van der Waals surface area contributed by atoms with E-state index in [-0.39, 0.29) is 0 Å². The maximum absolute atomic E-state index is 6.16. The molecular weight excluding hydrogens is 316 g/mol. The van der Waals surface area contributed by atoms with Crippen molar-refractivity contribution in [2.45, 2.75) is 6.42 Å². The zero-order valence-corrected chi connectivity index (χ0v) is 14.4. The van der Waals surface area contributed by atoms with Crippen LogP contribution in [0.15, 0.2) is 95.4 Å². The number of hydrogen-bond donors (Lipinski definition) is 0. The van der Waals surface area contributed by atoms with E-state index < -0.39 is 0 Å². The Labute approximate surface area is 153 Å². The highest BCUT2D eigenvalue weighted by Gasteiger charge is 2.19. The fraction of sp³-hybridized carbons (Fsp3) is 0.0400. The van der Waals surface area contributed by atoms with Crippen LogP contribution in [0.3, 0.4) is 0 Å². The van der Waals surface area contributed by atoms with Crippen LogP contribution in [-0.2, 0) is 6.42 Å². The van der Waals surface area contributed by atoms with E-state index in [2.05, 4.69) is 78.9 Å². The van der Waals surface area contributed by atoms with Gasteiger partial charge >= 0.3 is 0 Å². The minimum absolute atomic E-state index is 0.914. The van der Waals surface area contributed by atoms with E-state index in [1.807, 2.05) is 18.2 Å². The summed E-state index contributed by atoms with van der Waals surface area (Å²) in [6.45, 7) is 0. The van der Waals surface area contributed by atoms with Crippen molar-refractivity contribution in [3.63, 3.8) is 0 Å². The van der Waals surface area contributed by atoms with Gasteiger partial charge in [-0.2, -0.15) is 0 Å². The summed E-state index contributed by atoms with van der Waals surface area (Å²) in [6, 6.07) is 31.5. The highest BCUT2D eigenvalue weighted by Crippen LogP contribution is 2.38. The van der Waals surface area contributed by atoms with Crippen molar-refractivity contribution in [2.75, 3.05) is 0 Å². The molecule has 0 bridgehead atoms. The maximum atomic E-state index is 6.16. The van der Waals surface area contributed by atoms with Gasteiger partial charge in [0.05, 0.1) is 0 Å². The van der Waals surface area contributed by atoms with Crippen molar-refractivity contribution in [1.29, 1.82) is 0 Å². The summed E-state index contributed by atoms with van der Waals surface area (Å²) in [5, 5.41) is 0. The summed E-state index contributed by atoms with van der Waals surface area (Å²) in [6.07, 6.45) is 3.20. The van der Waals surface area contributed by atoms with Crippen LogP contribution in [-0.4, -0.2) is 0 Å². The summed E-state index contributed by atoms with van der Waals surface area (Å²) in [7, 11) is 0. The third-order valence-corrected chi connectivity index (χ3v) is 4.96. The fourth-order valence-electron chi connectivity index (χ4n) is 3.66. The molecule has 0 atom stereocenters. The highest BCUT2D eigenvalue weighted by molar-refractivity contribution is 5.93. The first-order valence-electron chi connectivity index (χ1n) is 8.92. The van der Waals surface area contributed by atoms with E-state index in [9.17, 15) is 0 Å². The summed E-state index contributed by atoms with van der Waals surface area (Å²) in [4.78, 5) is 0. The second-order valence-corrected chi connectivity index (χ2v) is 6.62. The minimum atomic E-state index is 0.914. The van der Waals surface area contributed by atoms with Gasteiger partial charge < -0.3 is 4.42 Å². The van der Waals surface area contributed by atoms with Crippen LogP contribution in [0.5, 0.6) is 0 Å². The molecule has 0 aliphatic heterocycles. The predicted octanol–water partition coefficient (Wildman–Crippen LogP) is 6.71. The summed E-state index contributed by atoms with van der Waals surface area (Å²) < 4.78 is 6.16. The molecule has 3 aromatic carbocycles. The van der Waals surface area contributed by atoms with Crippen molar-refractivity contribution >= 4 is 11.6 Å². The van der Waals surface area contributed by atoms with Crippen molar-refractivity contribution < 1.29 is 4.42 Å². The van der Waals surface area contributed by atoms with E-state index in [0.29, 0.717) is 0 Å². The number of rotatable bonds is 3. The van der Waals surface area contributed by atoms with Crippen LogP contribution in [0.4, 0.5) is 0 Å². The monoisotopic (exact) mass is 334 g/mol. The molecule has 0 fully saturated rings. The Balaban J connectivity index is 1.53. The topological polar surface area (TPSA) is 13.1 Å². The Morgan fingerprint density at radius 3 is 2.04 bits per heavy atom. The molecule has 4 aromatic rings. The molecule has 0 unspecified atom stereocenters. The van der Waals surface area contributed by atoms with Crippen LogP contribution in [0, 0.1) is 0 Å². The zero-order chi connectivity index (χ0) is 17.3. The normalized spacial score (nSPS) is 12.7. The van der Waals surface area contributed by atoms with Crippen LogP contribution < -0.4 is 0 Å². The zero-order valence-electron chi connectivity index (χ0n) is 14.4. The standard InChI is InChI=1S/C25H18O/c1-3-8-18(9-4-1)22-13-7-12-20-16-21(17-23(20)22)25-15-14-24(26-25)19-10-5-2-6-11-19/h1-15,17H,16H2. The lowest BCUT2D eigenvalue weighted by atomic mass is 9.97. The molecular formula is C25H18O. The van der Waals surface area contributed by atoms with Gasteiger partial charge in [-0.15, -0.1) is 0 Å². The molecule has 1 heteroatoms. The van der Waals surface area contributed by atoms with Crippen molar-refractivity contribution in [2.24, 2.45) is 0 Å². The van der Waals surface area contributed by atoms with Crippen molar-refractivity contribution in [3.05, 3.63) is 108 Å². The number of benzene rings is 3. The summed E-state index contributed by atoms with van der Waals surface area (Å²) in [5.74, 6) is 1.87. The summed E-state index contributed by atoms with van der Waals surface area (Å²) in [5.41, 5.74) is 7.56. The number of hydrogen-bond acceptors (Lipinski definition) is 1. The highest BCUT2D eigenvalue weighted by atomic mass is 16.3. The minimum Gasteiger partial charge on any atom is -0.456 e. The Bertz CT molecular complexity index is 1090. The van der Waals surface area contributed by atoms with Crippen LogP contribution in [0.2, 0.25) is 0 Å². The second kappa shape index (κ2) is 6.20. The first-order chi connectivity index (χ1) is 12.9. The van der Waals surface area contributed by atoms with Gasteiger partial charge in [0.25, 0.3) is 0 Å². The van der Waals surface area contributed by atoms with Gasteiger partial charge in [-0.25, -0.2) is 0 Å². The quantitative estimate of drug-likeness (QED) is 0.406. The number of fused-ring (bicyclic) bond motifs is 1. The Morgan fingerprint density at radius 2 is 1.27 bits per heavy atom. The molecule has 5 rings (SSSR count). The van der Waals surface area contributed by atoms with Gasteiger partial charge in [-0.05, 0) is 46.0 Å². The molecule has 0 saturated heterocycles. The summed E-state index contributed by atoms with van der Waals surface area (Å²) >= 11 is 0. The first kappa shape index (κ1) is 15.0. The third kappa shape index (κ3) is 2.58. The molecule has 1 aliphatic rings. The largest absolute Gasteiger partial charge is 0.456 e. The van der Waals surface area contributed by atoms with Crippen LogP contribution in [0.1, 0.15) is 16.9 Å². The Hall–Kier alpha value is -3.32. The van der Waals surface area contributed by atoms with Gasteiger partial charge in [0.1, 0.15) is 11.5 Å². The first-order valence-corrected chi connectivity index (χ1v) is 8.92. The molecule has 1 heterocycles. The molecule has 0 N–H and O–H groups in total. The molecule has 0 spiro atoms. The maximum Gasteiger partial charge on any atom is 0.134 e. The molecule has 0 saturated carbocycles. The van der Waals surface area contributed by atoms with Crippen LogP contribution in [0.25, 0.3) is 34.1 Å². The SMILES string of the molecule is C1=C(c2ccc(-c3ccccc3)o2)Cc2cccc(-c3ccccc3)c21. The molecule has 26 heavy (non-hydrogen) atoms. The lowest BCUT2D eigenvalue weighted by molar-refractivity contribution is 0.566. The lowest BCUT2D eigenvalue weighted by Gasteiger charge is -2.07. The lowest BCUT2D eigenvalue weighted by Crippen LogP contribution is -1.87. The van der Waals surface area contributed by atoms with Gasteiger partial charge in [0.15, 0.2) is 0 Å². The van der Waals surface area contributed by atoms with Gasteiger partial charge in [0, 0.05) is 12.0 Å². The van der Waals surface area contributed by atoms with E-state index in [4.69, 9.17) is 4.42 Å². The number of furan rings is 1. The Morgan fingerprint density at radius 1 is 0.577 bits per heavy atom. The molecule has 0 amide bonds. The number of allylic oxidation sites excluding steroid dienone is 1. The molecule has 1 nitrogen and oxygen atoms in total. The third-order valence-electron chi connectivity index (χ3n) is 4.96. The fourth-order valence-corrected chi connectivity index (χ4v) is 3.66. The molecule has 1 aliphatic carbocycles. The Kier molecular flexibility index (Phi) is 3.57. The van der Waals surface area contributed by atoms with E-state index in [1.54, 1.807) is 0 Å². The molecule has 124 valence electrons. The second-order valence-electron chi connectivity index (χ2n) is 6.62. The van der Waals surface area contributed by atoms with Crippen molar-refractivity contribution in [3.8, 4) is 22.5 Å². The smallest absolute Gasteiger partial charge is 0.134 e. The molecule has 0 radical (unpaired) electrons. The predicted molar refractivity (Wildman–Crippen MR) is 108 cm³/mol. The average Bonchev–Trinajstić information content (AvgIpc) is 3.36. The van der Waals surface area contributed by atoms with Crippen LogP contribution >= 0.6 is 0 Å². The van der Waals surface area contributed by atoms with E-state index >= 15 is 0 Å². The van der Waals surface area contributed by atoms with Gasteiger partial charge in [0.2, 0.25) is 0 Å². The average molecular weight is 334 g/mol.